The Kier molecular flexibility index (Phi) is 2.67. The quantitative estimate of drug-likeness (QED) is 0.811. The van der Waals surface area contributed by atoms with Gasteiger partial charge in [0.1, 0.15) is 0 Å². The number of benzene rings is 1. The van der Waals surface area contributed by atoms with Crippen molar-refractivity contribution in [2.24, 2.45) is 5.41 Å². The van der Waals surface area contributed by atoms with Crippen LogP contribution in [0.5, 0.6) is 0 Å². The van der Waals surface area contributed by atoms with Crippen molar-refractivity contribution in [2.45, 2.75) is 19.8 Å². The molecule has 1 saturated heterocycles. The first-order valence-corrected chi connectivity index (χ1v) is 5.85. The molecule has 0 spiro atoms. The highest BCUT2D eigenvalue weighted by atomic mass is 79.9. The van der Waals surface area contributed by atoms with E-state index in [1.807, 2.05) is 0 Å². The van der Waals surface area contributed by atoms with E-state index in [1.54, 1.807) is 0 Å². The van der Waals surface area contributed by atoms with Crippen LogP contribution in [0.2, 0.25) is 0 Å². The molecule has 1 aromatic rings. The summed E-state index contributed by atoms with van der Waals surface area (Å²) in [5, 5.41) is 3.47. The number of rotatable bonds is 1. The van der Waals surface area contributed by atoms with Crippen molar-refractivity contribution in [1.82, 2.24) is 5.32 Å². The van der Waals surface area contributed by atoms with Crippen molar-refractivity contribution in [1.29, 1.82) is 0 Å². The van der Waals surface area contributed by atoms with Crippen molar-refractivity contribution in [2.75, 3.05) is 13.1 Å². The first-order chi connectivity index (χ1) is 6.59. The van der Waals surface area contributed by atoms with Crippen LogP contribution in [0.15, 0.2) is 28.7 Å². The number of halogens is 1. The third-order valence-corrected chi connectivity index (χ3v) is 3.62. The summed E-state index contributed by atoms with van der Waals surface area (Å²) in [7, 11) is 0. The monoisotopic (exact) mass is 253 g/mol. The van der Waals surface area contributed by atoms with Gasteiger partial charge < -0.3 is 5.32 Å². The smallest absolute Gasteiger partial charge is 0.0178 e. The fourth-order valence-electron chi connectivity index (χ4n) is 2.23. The molecule has 1 unspecified atom stereocenters. The summed E-state index contributed by atoms with van der Waals surface area (Å²) in [5.74, 6) is 0.639. The summed E-state index contributed by atoms with van der Waals surface area (Å²) >= 11 is 3.53. The molecule has 1 aliphatic heterocycles. The van der Waals surface area contributed by atoms with E-state index in [-0.39, 0.29) is 0 Å². The van der Waals surface area contributed by atoms with E-state index in [2.05, 4.69) is 59.4 Å². The maximum Gasteiger partial charge on any atom is 0.0178 e. The lowest BCUT2D eigenvalue weighted by Gasteiger charge is -2.26. The molecule has 0 saturated carbocycles. The van der Waals surface area contributed by atoms with Gasteiger partial charge in [-0.25, -0.2) is 0 Å². The molecule has 1 atom stereocenters. The van der Waals surface area contributed by atoms with Gasteiger partial charge in [-0.2, -0.15) is 0 Å². The van der Waals surface area contributed by atoms with E-state index in [1.165, 1.54) is 10.0 Å². The highest BCUT2D eigenvalue weighted by Gasteiger charge is 2.35. The van der Waals surface area contributed by atoms with Gasteiger partial charge in [-0.1, -0.05) is 41.9 Å². The summed E-state index contributed by atoms with van der Waals surface area (Å²) < 4.78 is 1.18. The van der Waals surface area contributed by atoms with Crippen molar-refractivity contribution in [3.8, 4) is 0 Å². The van der Waals surface area contributed by atoms with Crippen LogP contribution in [0, 0.1) is 5.41 Å². The number of hydrogen-bond donors (Lipinski definition) is 1. The Morgan fingerprint density at radius 3 is 2.79 bits per heavy atom. The van der Waals surface area contributed by atoms with Gasteiger partial charge in [0.15, 0.2) is 0 Å². The lowest BCUT2D eigenvalue weighted by atomic mass is 9.78. The first kappa shape index (κ1) is 10.2. The van der Waals surface area contributed by atoms with E-state index >= 15 is 0 Å². The Bertz CT molecular complexity index is 333. The van der Waals surface area contributed by atoms with Crippen LogP contribution >= 0.6 is 15.9 Å². The molecule has 0 aromatic heterocycles. The molecule has 1 aliphatic rings. The zero-order valence-electron chi connectivity index (χ0n) is 8.68. The first-order valence-electron chi connectivity index (χ1n) is 5.06. The van der Waals surface area contributed by atoms with Crippen molar-refractivity contribution in [3.63, 3.8) is 0 Å². The van der Waals surface area contributed by atoms with E-state index in [4.69, 9.17) is 0 Å². The van der Waals surface area contributed by atoms with E-state index in [0.29, 0.717) is 11.3 Å². The second-order valence-electron chi connectivity index (χ2n) is 4.73. The SMILES string of the molecule is CC1(C)CNCC1c1cccc(Br)c1. The van der Waals surface area contributed by atoms with Crippen LogP contribution in [0.25, 0.3) is 0 Å². The van der Waals surface area contributed by atoms with E-state index in [0.717, 1.165) is 13.1 Å². The molecule has 76 valence electrons. The molecule has 0 aliphatic carbocycles. The molecule has 1 N–H and O–H groups in total. The molecule has 2 rings (SSSR count). The molecule has 14 heavy (non-hydrogen) atoms. The normalized spacial score (nSPS) is 25.2. The predicted octanol–water partition coefficient (Wildman–Crippen LogP) is 3.16. The molecule has 1 aromatic carbocycles. The van der Waals surface area contributed by atoms with Gasteiger partial charge in [0, 0.05) is 23.5 Å². The third-order valence-electron chi connectivity index (χ3n) is 3.12. The average Bonchev–Trinajstić information content (AvgIpc) is 2.45. The predicted molar refractivity (Wildman–Crippen MR) is 63.5 cm³/mol. The summed E-state index contributed by atoms with van der Waals surface area (Å²) in [4.78, 5) is 0. The van der Waals surface area contributed by atoms with E-state index in [9.17, 15) is 0 Å². The largest absolute Gasteiger partial charge is 0.316 e. The second kappa shape index (κ2) is 3.67. The van der Waals surface area contributed by atoms with Crippen LogP contribution in [-0.2, 0) is 0 Å². The van der Waals surface area contributed by atoms with Gasteiger partial charge in [-0.05, 0) is 23.1 Å². The van der Waals surface area contributed by atoms with E-state index < -0.39 is 0 Å². The third kappa shape index (κ3) is 1.86. The van der Waals surface area contributed by atoms with Gasteiger partial charge in [0.05, 0.1) is 0 Å². The topological polar surface area (TPSA) is 12.0 Å². The molecule has 0 amide bonds. The molecule has 0 radical (unpaired) electrons. The fraction of sp³-hybridized carbons (Fsp3) is 0.500. The van der Waals surface area contributed by atoms with Crippen molar-refractivity contribution >= 4 is 15.9 Å². The zero-order valence-corrected chi connectivity index (χ0v) is 10.3. The Labute approximate surface area is 94.0 Å². The summed E-state index contributed by atoms with van der Waals surface area (Å²) in [6, 6.07) is 8.66. The maximum atomic E-state index is 3.53. The minimum Gasteiger partial charge on any atom is -0.316 e. The average molecular weight is 254 g/mol. The number of nitrogens with one attached hydrogen (secondary N) is 1. The van der Waals surface area contributed by atoms with Gasteiger partial charge in [-0.3, -0.25) is 0 Å². The summed E-state index contributed by atoms with van der Waals surface area (Å²) in [6.45, 7) is 6.88. The molecule has 2 heteroatoms. The highest BCUT2D eigenvalue weighted by molar-refractivity contribution is 9.10. The van der Waals surface area contributed by atoms with Crippen molar-refractivity contribution in [3.05, 3.63) is 34.3 Å². The van der Waals surface area contributed by atoms with Gasteiger partial charge in [0.25, 0.3) is 0 Å². The van der Waals surface area contributed by atoms with Crippen LogP contribution in [0.4, 0.5) is 0 Å². The lowest BCUT2D eigenvalue weighted by molar-refractivity contribution is 0.363. The van der Waals surface area contributed by atoms with Crippen LogP contribution in [0.3, 0.4) is 0 Å². The maximum absolute atomic E-state index is 3.53. The Hall–Kier alpha value is -0.340. The molecular weight excluding hydrogens is 238 g/mol. The minimum absolute atomic E-state index is 0.376. The highest BCUT2D eigenvalue weighted by Crippen LogP contribution is 2.38. The number of hydrogen-bond acceptors (Lipinski definition) is 1. The van der Waals surface area contributed by atoms with Crippen LogP contribution in [-0.4, -0.2) is 13.1 Å². The molecule has 1 fully saturated rings. The minimum atomic E-state index is 0.376. The fourth-order valence-corrected chi connectivity index (χ4v) is 2.65. The Morgan fingerprint density at radius 1 is 1.43 bits per heavy atom. The molecule has 1 heterocycles. The Morgan fingerprint density at radius 2 is 2.21 bits per heavy atom. The Balaban J connectivity index is 2.31. The van der Waals surface area contributed by atoms with Crippen LogP contribution in [0.1, 0.15) is 25.3 Å². The summed E-state index contributed by atoms with van der Waals surface area (Å²) in [6.07, 6.45) is 0. The van der Waals surface area contributed by atoms with Gasteiger partial charge in [0.2, 0.25) is 0 Å². The van der Waals surface area contributed by atoms with Gasteiger partial charge in [-0.15, -0.1) is 0 Å². The van der Waals surface area contributed by atoms with Crippen molar-refractivity contribution < 1.29 is 0 Å². The molecule has 0 bridgehead atoms. The zero-order chi connectivity index (χ0) is 10.2. The molecular formula is C12H16BrN. The van der Waals surface area contributed by atoms with Crippen LogP contribution < -0.4 is 5.32 Å². The molecule has 1 nitrogen and oxygen atoms in total. The van der Waals surface area contributed by atoms with Gasteiger partial charge >= 0.3 is 0 Å². The lowest BCUT2D eigenvalue weighted by Crippen LogP contribution is -2.20. The standard InChI is InChI=1S/C12H16BrN/c1-12(2)8-14-7-11(12)9-4-3-5-10(13)6-9/h3-6,11,14H,7-8H2,1-2H3. The second-order valence-corrected chi connectivity index (χ2v) is 5.64. The summed E-state index contributed by atoms with van der Waals surface area (Å²) in [5.41, 5.74) is 1.82.